The highest BCUT2D eigenvalue weighted by molar-refractivity contribution is 5.75. The largest absolute Gasteiger partial charge is 0.378 e. The summed E-state index contributed by atoms with van der Waals surface area (Å²) in [5.74, 6) is 0. The number of morpholine rings is 1. The first-order valence-corrected chi connectivity index (χ1v) is 4.20. The molecule has 6 nitrogen and oxygen atoms in total. The fourth-order valence-corrected chi connectivity index (χ4v) is 1.07. The van der Waals surface area contributed by atoms with Crippen LogP contribution in [0.3, 0.4) is 0 Å². The fourth-order valence-electron chi connectivity index (χ4n) is 1.07. The van der Waals surface area contributed by atoms with Crippen LogP contribution < -0.4 is 5.32 Å². The number of amides is 2. The Balaban J connectivity index is 2.41. The second-order valence-corrected chi connectivity index (χ2v) is 2.74. The second kappa shape index (κ2) is 5.05. The molecule has 14 heavy (non-hydrogen) atoms. The first kappa shape index (κ1) is 10.3. The molecular formula is C8H10N4O2. The fraction of sp³-hybridized carbons (Fsp3) is 0.625. The molecule has 1 fully saturated rings. The van der Waals surface area contributed by atoms with Crippen molar-refractivity contribution in [2.45, 2.75) is 6.04 Å². The van der Waals surface area contributed by atoms with Gasteiger partial charge in [0.05, 0.1) is 13.2 Å². The van der Waals surface area contributed by atoms with Crippen LogP contribution in [-0.4, -0.2) is 43.3 Å². The molecule has 0 saturated carbocycles. The van der Waals surface area contributed by atoms with Gasteiger partial charge in [0.15, 0.2) is 0 Å². The summed E-state index contributed by atoms with van der Waals surface area (Å²) < 4.78 is 5.06. The van der Waals surface area contributed by atoms with Crippen LogP contribution in [0.25, 0.3) is 0 Å². The van der Waals surface area contributed by atoms with E-state index in [0.717, 1.165) is 0 Å². The number of rotatable bonds is 1. The number of hydrogen-bond donors (Lipinski definition) is 1. The van der Waals surface area contributed by atoms with E-state index in [1.807, 2.05) is 0 Å². The Morgan fingerprint density at radius 3 is 2.43 bits per heavy atom. The van der Waals surface area contributed by atoms with E-state index in [-0.39, 0.29) is 6.03 Å². The Kier molecular flexibility index (Phi) is 3.71. The molecule has 1 aliphatic heterocycles. The van der Waals surface area contributed by atoms with Crippen molar-refractivity contribution in [2.75, 3.05) is 26.3 Å². The maximum atomic E-state index is 11.4. The molecule has 74 valence electrons. The van der Waals surface area contributed by atoms with Crippen LogP contribution in [0.2, 0.25) is 0 Å². The summed E-state index contributed by atoms with van der Waals surface area (Å²) in [6.07, 6.45) is 0. The molecule has 1 heterocycles. The van der Waals surface area contributed by atoms with Gasteiger partial charge < -0.3 is 15.0 Å². The third-order valence-corrected chi connectivity index (χ3v) is 1.82. The van der Waals surface area contributed by atoms with Crippen molar-refractivity contribution in [2.24, 2.45) is 0 Å². The lowest BCUT2D eigenvalue weighted by molar-refractivity contribution is 0.0531. The summed E-state index contributed by atoms with van der Waals surface area (Å²) in [6, 6.07) is 1.88. The van der Waals surface area contributed by atoms with Crippen LogP contribution in [-0.2, 0) is 4.74 Å². The Bertz CT molecular complexity index is 271. The molecule has 1 rings (SSSR count). The minimum absolute atomic E-state index is 0.388. The first-order valence-electron chi connectivity index (χ1n) is 4.20. The zero-order valence-electron chi connectivity index (χ0n) is 7.56. The summed E-state index contributed by atoms with van der Waals surface area (Å²) in [7, 11) is 0. The molecule has 2 amide bonds. The maximum Gasteiger partial charge on any atom is 0.319 e. The molecule has 0 unspecified atom stereocenters. The number of carbonyl (C=O) groups is 1. The standard InChI is InChI=1S/C8H10N4O2/c9-5-7(6-10)11-8(13)12-1-3-14-4-2-12/h7H,1-4H2,(H,11,13). The van der Waals surface area contributed by atoms with Crippen molar-refractivity contribution < 1.29 is 9.53 Å². The smallest absolute Gasteiger partial charge is 0.319 e. The van der Waals surface area contributed by atoms with E-state index in [0.29, 0.717) is 26.3 Å². The molecular weight excluding hydrogens is 184 g/mol. The highest BCUT2D eigenvalue weighted by atomic mass is 16.5. The van der Waals surface area contributed by atoms with Gasteiger partial charge in [-0.3, -0.25) is 0 Å². The zero-order chi connectivity index (χ0) is 10.4. The van der Waals surface area contributed by atoms with Crippen LogP contribution in [0.1, 0.15) is 0 Å². The van der Waals surface area contributed by atoms with Crippen molar-refractivity contribution in [1.82, 2.24) is 10.2 Å². The second-order valence-electron chi connectivity index (χ2n) is 2.74. The van der Waals surface area contributed by atoms with Gasteiger partial charge in [0, 0.05) is 13.1 Å². The lowest BCUT2D eigenvalue weighted by Crippen LogP contribution is -2.48. The average molecular weight is 194 g/mol. The van der Waals surface area contributed by atoms with Gasteiger partial charge in [-0.2, -0.15) is 10.5 Å². The van der Waals surface area contributed by atoms with Gasteiger partial charge >= 0.3 is 6.03 Å². The van der Waals surface area contributed by atoms with E-state index >= 15 is 0 Å². The Labute approximate surface area is 81.7 Å². The van der Waals surface area contributed by atoms with Crippen molar-refractivity contribution in [3.05, 3.63) is 0 Å². The van der Waals surface area contributed by atoms with Crippen molar-refractivity contribution in [3.63, 3.8) is 0 Å². The van der Waals surface area contributed by atoms with Crippen LogP contribution in [0.5, 0.6) is 0 Å². The number of carbonyl (C=O) groups excluding carboxylic acids is 1. The van der Waals surface area contributed by atoms with Gasteiger partial charge in [-0.15, -0.1) is 0 Å². The van der Waals surface area contributed by atoms with E-state index in [2.05, 4.69) is 5.32 Å². The molecule has 0 radical (unpaired) electrons. The van der Waals surface area contributed by atoms with E-state index in [1.165, 1.54) is 4.90 Å². The predicted molar refractivity (Wildman–Crippen MR) is 45.9 cm³/mol. The minimum atomic E-state index is -1.08. The van der Waals surface area contributed by atoms with E-state index in [9.17, 15) is 4.79 Å². The number of nitrogens with zero attached hydrogens (tertiary/aromatic N) is 3. The average Bonchev–Trinajstić information content (AvgIpc) is 2.26. The molecule has 1 aliphatic rings. The molecule has 0 aromatic carbocycles. The third-order valence-electron chi connectivity index (χ3n) is 1.82. The summed E-state index contributed by atoms with van der Waals surface area (Å²) in [6.45, 7) is 1.99. The molecule has 0 spiro atoms. The van der Waals surface area contributed by atoms with E-state index < -0.39 is 6.04 Å². The van der Waals surface area contributed by atoms with Crippen LogP contribution in [0.15, 0.2) is 0 Å². The Morgan fingerprint density at radius 2 is 1.93 bits per heavy atom. The number of hydrogen-bond acceptors (Lipinski definition) is 4. The lowest BCUT2D eigenvalue weighted by Gasteiger charge is -2.26. The van der Waals surface area contributed by atoms with Gasteiger partial charge in [0.2, 0.25) is 6.04 Å². The van der Waals surface area contributed by atoms with E-state index in [1.54, 1.807) is 12.1 Å². The number of urea groups is 1. The molecule has 0 aromatic heterocycles. The summed E-state index contributed by atoms with van der Waals surface area (Å²) in [5, 5.41) is 19.2. The van der Waals surface area contributed by atoms with Crippen LogP contribution >= 0.6 is 0 Å². The predicted octanol–water partition coefficient (Wildman–Crippen LogP) is -0.556. The maximum absolute atomic E-state index is 11.4. The summed E-state index contributed by atoms with van der Waals surface area (Å²) in [5.41, 5.74) is 0. The normalized spacial score (nSPS) is 15.8. The zero-order valence-corrected chi connectivity index (χ0v) is 7.56. The van der Waals surface area contributed by atoms with Gasteiger partial charge in [0.1, 0.15) is 12.1 Å². The SMILES string of the molecule is N#CC(C#N)NC(=O)N1CCOCC1. The van der Waals surface area contributed by atoms with Gasteiger partial charge in [-0.05, 0) is 0 Å². The molecule has 0 bridgehead atoms. The van der Waals surface area contributed by atoms with E-state index in [4.69, 9.17) is 15.3 Å². The number of ether oxygens (including phenoxy) is 1. The molecule has 6 heteroatoms. The molecule has 1 N–H and O–H groups in total. The number of nitrogens with one attached hydrogen (secondary N) is 1. The quantitative estimate of drug-likeness (QED) is 0.606. The first-order chi connectivity index (χ1) is 6.77. The third kappa shape index (κ3) is 2.61. The van der Waals surface area contributed by atoms with Crippen molar-refractivity contribution >= 4 is 6.03 Å². The molecule has 0 aliphatic carbocycles. The highest BCUT2D eigenvalue weighted by Gasteiger charge is 2.19. The van der Waals surface area contributed by atoms with Crippen molar-refractivity contribution in [1.29, 1.82) is 10.5 Å². The number of nitriles is 2. The highest BCUT2D eigenvalue weighted by Crippen LogP contribution is 1.97. The monoisotopic (exact) mass is 194 g/mol. The van der Waals surface area contributed by atoms with Gasteiger partial charge in [-0.1, -0.05) is 0 Å². The molecule has 1 saturated heterocycles. The Hall–Kier alpha value is -1.79. The Morgan fingerprint density at radius 1 is 1.36 bits per heavy atom. The molecule has 0 atom stereocenters. The topological polar surface area (TPSA) is 89.2 Å². The van der Waals surface area contributed by atoms with Crippen LogP contribution in [0.4, 0.5) is 4.79 Å². The minimum Gasteiger partial charge on any atom is -0.378 e. The van der Waals surface area contributed by atoms with Gasteiger partial charge in [-0.25, -0.2) is 4.79 Å². The lowest BCUT2D eigenvalue weighted by atomic mass is 10.3. The summed E-state index contributed by atoms with van der Waals surface area (Å²) >= 11 is 0. The summed E-state index contributed by atoms with van der Waals surface area (Å²) in [4.78, 5) is 12.9. The van der Waals surface area contributed by atoms with Crippen LogP contribution in [0, 0.1) is 22.7 Å². The van der Waals surface area contributed by atoms with Gasteiger partial charge in [0.25, 0.3) is 0 Å². The molecule has 0 aromatic rings. The van der Waals surface area contributed by atoms with Crippen molar-refractivity contribution in [3.8, 4) is 12.1 Å².